The Balaban J connectivity index is 2.62. The molecule has 90 valence electrons. The Bertz CT molecular complexity index is 482. The minimum atomic E-state index is 0.0759. The van der Waals surface area contributed by atoms with Gasteiger partial charge in [-0.05, 0) is 23.6 Å². The van der Waals surface area contributed by atoms with Gasteiger partial charge in [-0.2, -0.15) is 0 Å². The average Bonchev–Trinajstić information content (AvgIpc) is 2.34. The maximum Gasteiger partial charge on any atom is 0.227 e. The molecular formula is C13H15NO3. The van der Waals surface area contributed by atoms with Crippen LogP contribution in [0.25, 0.3) is 0 Å². The van der Waals surface area contributed by atoms with E-state index in [-0.39, 0.29) is 11.8 Å². The van der Waals surface area contributed by atoms with Gasteiger partial charge in [0, 0.05) is 19.2 Å². The summed E-state index contributed by atoms with van der Waals surface area (Å²) in [5.74, 6) is 0.795. The van der Waals surface area contributed by atoms with Crippen molar-refractivity contribution in [3.63, 3.8) is 0 Å². The van der Waals surface area contributed by atoms with Gasteiger partial charge in [-0.25, -0.2) is 0 Å². The number of carbonyl (C=O) groups is 2. The number of aldehydes is 1. The molecule has 1 aromatic carbocycles. The summed E-state index contributed by atoms with van der Waals surface area (Å²) < 4.78 is 5.18. The van der Waals surface area contributed by atoms with Crippen molar-refractivity contribution >= 4 is 17.9 Å². The van der Waals surface area contributed by atoms with Gasteiger partial charge in [0.2, 0.25) is 5.91 Å². The van der Waals surface area contributed by atoms with E-state index in [4.69, 9.17) is 4.74 Å². The molecule has 0 N–H and O–H groups in total. The summed E-state index contributed by atoms with van der Waals surface area (Å²) in [6, 6.07) is 3.57. The first kappa shape index (κ1) is 11.6. The van der Waals surface area contributed by atoms with Gasteiger partial charge in [0.1, 0.15) is 5.75 Å². The summed E-state index contributed by atoms with van der Waals surface area (Å²) in [6.45, 7) is 2.00. The fourth-order valence-electron chi connectivity index (χ4n) is 2.20. The van der Waals surface area contributed by atoms with E-state index in [1.54, 1.807) is 18.0 Å². The molecule has 0 aromatic heterocycles. The highest BCUT2D eigenvalue weighted by Gasteiger charge is 2.27. The first-order valence-corrected chi connectivity index (χ1v) is 5.52. The number of hydrogen-bond acceptors (Lipinski definition) is 3. The Labute approximate surface area is 100 Å². The lowest BCUT2D eigenvalue weighted by Crippen LogP contribution is -2.32. The van der Waals surface area contributed by atoms with Gasteiger partial charge in [-0.15, -0.1) is 0 Å². The molecule has 0 saturated carbocycles. The Morgan fingerprint density at radius 3 is 2.76 bits per heavy atom. The highest BCUT2D eigenvalue weighted by atomic mass is 16.5. The lowest BCUT2D eigenvalue weighted by molar-refractivity contribution is -0.119. The SMILES string of the molecule is COc1cc2c(cc1C=O)N(C)C(=O)CC2C. The first-order valence-electron chi connectivity index (χ1n) is 5.52. The van der Waals surface area contributed by atoms with Crippen molar-refractivity contribution in [3.05, 3.63) is 23.3 Å². The largest absolute Gasteiger partial charge is 0.496 e. The van der Waals surface area contributed by atoms with Crippen LogP contribution in [0, 0.1) is 0 Å². The van der Waals surface area contributed by atoms with Crippen molar-refractivity contribution in [3.8, 4) is 5.75 Å². The average molecular weight is 233 g/mol. The predicted molar refractivity (Wildman–Crippen MR) is 64.8 cm³/mol. The van der Waals surface area contributed by atoms with Gasteiger partial charge in [0.05, 0.1) is 12.7 Å². The predicted octanol–water partition coefficient (Wildman–Crippen LogP) is 1.98. The maximum atomic E-state index is 11.7. The summed E-state index contributed by atoms with van der Waals surface area (Å²) in [6.07, 6.45) is 1.24. The molecule has 1 amide bonds. The number of hydrogen-bond donors (Lipinski definition) is 0. The number of nitrogens with zero attached hydrogens (tertiary/aromatic N) is 1. The normalized spacial score (nSPS) is 18.9. The van der Waals surface area contributed by atoms with Gasteiger partial charge in [0.15, 0.2) is 6.29 Å². The van der Waals surface area contributed by atoms with Crippen LogP contribution in [0.5, 0.6) is 5.75 Å². The summed E-state index contributed by atoms with van der Waals surface area (Å²) >= 11 is 0. The number of benzene rings is 1. The number of rotatable bonds is 2. The fraction of sp³-hybridized carbons (Fsp3) is 0.385. The van der Waals surface area contributed by atoms with Gasteiger partial charge in [0.25, 0.3) is 0 Å². The molecule has 1 heterocycles. The Morgan fingerprint density at radius 2 is 2.18 bits per heavy atom. The molecule has 0 bridgehead atoms. The van der Waals surface area contributed by atoms with E-state index in [0.29, 0.717) is 17.7 Å². The van der Waals surface area contributed by atoms with Crippen LogP contribution in [-0.2, 0) is 4.79 Å². The topological polar surface area (TPSA) is 46.6 Å². The third-order valence-electron chi connectivity index (χ3n) is 3.25. The molecule has 1 unspecified atom stereocenters. The second kappa shape index (κ2) is 4.20. The van der Waals surface area contributed by atoms with Crippen LogP contribution in [0.4, 0.5) is 5.69 Å². The number of amides is 1. The molecular weight excluding hydrogens is 218 g/mol. The maximum absolute atomic E-state index is 11.7. The van der Waals surface area contributed by atoms with Crippen LogP contribution in [0.1, 0.15) is 35.2 Å². The first-order chi connectivity index (χ1) is 8.08. The van der Waals surface area contributed by atoms with Gasteiger partial charge >= 0.3 is 0 Å². The number of anilines is 1. The zero-order valence-electron chi connectivity index (χ0n) is 10.2. The molecule has 4 heteroatoms. The second-order valence-corrected chi connectivity index (χ2v) is 4.33. The molecule has 0 fully saturated rings. The quantitative estimate of drug-likeness (QED) is 0.734. The molecule has 0 saturated heterocycles. The van der Waals surface area contributed by atoms with Crippen LogP contribution in [-0.4, -0.2) is 26.4 Å². The van der Waals surface area contributed by atoms with Gasteiger partial charge in [-0.1, -0.05) is 6.92 Å². The molecule has 4 nitrogen and oxygen atoms in total. The summed E-state index contributed by atoms with van der Waals surface area (Å²) in [5.41, 5.74) is 2.33. The zero-order chi connectivity index (χ0) is 12.6. The third-order valence-corrected chi connectivity index (χ3v) is 3.25. The molecule has 1 atom stereocenters. The van der Waals surface area contributed by atoms with Gasteiger partial charge in [-0.3, -0.25) is 9.59 Å². The van der Waals surface area contributed by atoms with Crippen LogP contribution in [0.15, 0.2) is 12.1 Å². The van der Waals surface area contributed by atoms with Crippen molar-refractivity contribution in [1.29, 1.82) is 0 Å². The monoisotopic (exact) mass is 233 g/mol. The molecule has 0 spiro atoms. The highest BCUT2D eigenvalue weighted by molar-refractivity contribution is 5.98. The standard InChI is InChI=1S/C13H15NO3/c1-8-4-13(16)14(2)11-5-9(7-15)12(17-3)6-10(8)11/h5-8H,4H2,1-3H3. The zero-order valence-corrected chi connectivity index (χ0v) is 10.2. The van der Waals surface area contributed by atoms with E-state index in [2.05, 4.69) is 0 Å². The van der Waals surface area contributed by atoms with Crippen LogP contribution in [0.2, 0.25) is 0 Å². The Kier molecular flexibility index (Phi) is 2.88. The molecule has 1 aliphatic rings. The third kappa shape index (κ3) is 1.79. The molecule has 1 aliphatic heterocycles. The Morgan fingerprint density at radius 1 is 1.47 bits per heavy atom. The van der Waals surface area contributed by atoms with Gasteiger partial charge < -0.3 is 9.64 Å². The van der Waals surface area contributed by atoms with E-state index < -0.39 is 0 Å². The number of methoxy groups -OCH3 is 1. The van der Waals surface area contributed by atoms with E-state index in [1.165, 1.54) is 7.11 Å². The minimum absolute atomic E-state index is 0.0759. The number of ether oxygens (including phenoxy) is 1. The van der Waals surface area contributed by atoms with E-state index in [9.17, 15) is 9.59 Å². The van der Waals surface area contributed by atoms with Crippen LogP contribution < -0.4 is 9.64 Å². The number of carbonyl (C=O) groups excluding carboxylic acids is 2. The molecule has 0 aliphatic carbocycles. The number of fused-ring (bicyclic) bond motifs is 1. The summed E-state index contributed by atoms with van der Waals surface area (Å²) in [4.78, 5) is 24.3. The molecule has 2 rings (SSSR count). The van der Waals surface area contributed by atoms with Crippen molar-refractivity contribution in [2.45, 2.75) is 19.3 Å². The van der Waals surface area contributed by atoms with E-state index in [1.807, 2.05) is 13.0 Å². The van der Waals surface area contributed by atoms with Crippen LogP contribution in [0.3, 0.4) is 0 Å². The highest BCUT2D eigenvalue weighted by Crippen LogP contribution is 2.38. The van der Waals surface area contributed by atoms with E-state index in [0.717, 1.165) is 17.5 Å². The molecule has 1 aromatic rings. The lowest BCUT2D eigenvalue weighted by Gasteiger charge is -2.30. The van der Waals surface area contributed by atoms with Crippen LogP contribution >= 0.6 is 0 Å². The lowest BCUT2D eigenvalue weighted by atomic mass is 9.90. The summed E-state index contributed by atoms with van der Waals surface area (Å²) in [7, 11) is 3.27. The van der Waals surface area contributed by atoms with Crippen molar-refractivity contribution in [1.82, 2.24) is 0 Å². The molecule has 0 radical (unpaired) electrons. The molecule has 17 heavy (non-hydrogen) atoms. The second-order valence-electron chi connectivity index (χ2n) is 4.33. The Hall–Kier alpha value is -1.84. The smallest absolute Gasteiger partial charge is 0.227 e. The van der Waals surface area contributed by atoms with Crippen molar-refractivity contribution in [2.24, 2.45) is 0 Å². The van der Waals surface area contributed by atoms with Crippen molar-refractivity contribution in [2.75, 3.05) is 19.1 Å². The minimum Gasteiger partial charge on any atom is -0.496 e. The summed E-state index contributed by atoms with van der Waals surface area (Å²) in [5, 5.41) is 0. The fourth-order valence-corrected chi connectivity index (χ4v) is 2.20. The van der Waals surface area contributed by atoms with E-state index >= 15 is 0 Å². The van der Waals surface area contributed by atoms with Crippen molar-refractivity contribution < 1.29 is 14.3 Å².